The third kappa shape index (κ3) is 6.11. The highest BCUT2D eigenvalue weighted by atomic mass is 16.5. The van der Waals surface area contributed by atoms with Crippen molar-refractivity contribution >= 4 is 11.5 Å². The normalized spacial score (nSPS) is 21.6. The minimum atomic E-state index is -0.453. The second-order valence-electron chi connectivity index (χ2n) is 8.15. The van der Waals surface area contributed by atoms with Crippen LogP contribution < -0.4 is 0 Å². The Hall–Kier alpha value is -2.26. The molecular formula is C25H32N2O2. The van der Waals surface area contributed by atoms with Gasteiger partial charge < -0.3 is 9.64 Å². The van der Waals surface area contributed by atoms with E-state index in [-0.39, 0.29) is 5.78 Å². The number of Topliss-reactive ketones (excluding diaryl/α,β-unsaturated/α-hetero) is 1. The second kappa shape index (κ2) is 10.5. The number of likely N-dealkylation sites (tertiary alicyclic amines) is 1. The molecule has 2 atom stereocenters. The van der Waals surface area contributed by atoms with Gasteiger partial charge in [-0.15, -0.1) is 5.73 Å². The molecule has 3 rings (SSSR count). The van der Waals surface area contributed by atoms with Gasteiger partial charge in [0.2, 0.25) is 0 Å². The zero-order valence-corrected chi connectivity index (χ0v) is 17.9. The first-order valence-electron chi connectivity index (χ1n) is 10.6. The standard InChI is InChI=1S/C25H32N2O2/c1-19(29-3)25(28)23-11-7-10-22(17-23)24-12-6-9-21(18-26-24)16-20-8-4-5-14-27(2)15-13-20/h7,9-12,17-20H,4-5,8,13-16H2,1-3H3. The Morgan fingerprint density at radius 2 is 2.14 bits per heavy atom. The summed E-state index contributed by atoms with van der Waals surface area (Å²) >= 11 is 0. The summed E-state index contributed by atoms with van der Waals surface area (Å²) in [6.45, 7) is 4.16. The van der Waals surface area contributed by atoms with Gasteiger partial charge in [-0.1, -0.05) is 31.0 Å². The number of hydrogen-bond acceptors (Lipinski definition) is 4. The molecule has 2 unspecified atom stereocenters. The van der Waals surface area contributed by atoms with Crippen LogP contribution in [0, 0.1) is 5.92 Å². The minimum Gasteiger partial charge on any atom is -0.374 e. The number of methoxy groups -OCH3 is 1. The highest BCUT2D eigenvalue weighted by molar-refractivity contribution is 6.10. The van der Waals surface area contributed by atoms with E-state index in [1.54, 1.807) is 14.0 Å². The number of hydrogen-bond donors (Lipinski definition) is 0. The summed E-state index contributed by atoms with van der Waals surface area (Å²) in [6.07, 6.45) is 11.7. The number of allylic oxidation sites excluding steroid dienone is 2. The number of nitrogens with zero attached hydrogens (tertiary/aromatic N) is 2. The fourth-order valence-corrected chi connectivity index (χ4v) is 3.91. The number of carbonyl (C=O) groups is 1. The zero-order valence-electron chi connectivity index (χ0n) is 17.9. The van der Waals surface area contributed by atoms with Gasteiger partial charge >= 0.3 is 0 Å². The predicted molar refractivity (Wildman–Crippen MR) is 119 cm³/mol. The highest BCUT2D eigenvalue weighted by Crippen LogP contribution is 2.25. The summed E-state index contributed by atoms with van der Waals surface area (Å²) in [7, 11) is 3.77. The topological polar surface area (TPSA) is 41.9 Å². The lowest BCUT2D eigenvalue weighted by Crippen LogP contribution is -2.25. The van der Waals surface area contributed by atoms with E-state index >= 15 is 0 Å². The van der Waals surface area contributed by atoms with Crippen LogP contribution in [-0.4, -0.2) is 49.7 Å². The number of aliphatic imine (C=N–C) groups is 1. The Balaban J connectivity index is 1.73. The van der Waals surface area contributed by atoms with Crippen LogP contribution in [-0.2, 0) is 4.74 Å². The first-order chi connectivity index (χ1) is 14.1. The molecule has 0 N–H and O–H groups in total. The maximum absolute atomic E-state index is 12.4. The molecule has 0 spiro atoms. The molecule has 0 aliphatic carbocycles. The van der Waals surface area contributed by atoms with E-state index in [2.05, 4.69) is 23.8 Å². The van der Waals surface area contributed by atoms with E-state index in [0.717, 1.165) is 17.7 Å². The molecule has 4 nitrogen and oxygen atoms in total. The Labute approximate surface area is 174 Å². The van der Waals surface area contributed by atoms with Gasteiger partial charge in [-0.05, 0) is 70.0 Å². The molecule has 2 aliphatic rings. The molecule has 1 aromatic rings. The van der Waals surface area contributed by atoms with Gasteiger partial charge in [-0.2, -0.15) is 0 Å². The molecular weight excluding hydrogens is 360 g/mol. The van der Waals surface area contributed by atoms with Crippen molar-refractivity contribution in [3.05, 3.63) is 65.0 Å². The zero-order chi connectivity index (χ0) is 20.6. The van der Waals surface area contributed by atoms with Crippen LogP contribution in [0.5, 0.6) is 0 Å². The average Bonchev–Trinajstić information content (AvgIpc) is 2.97. The van der Waals surface area contributed by atoms with Crippen LogP contribution in [0.25, 0.3) is 0 Å². The van der Waals surface area contributed by atoms with Crippen molar-refractivity contribution in [3.8, 4) is 0 Å². The van der Waals surface area contributed by atoms with E-state index in [1.165, 1.54) is 44.3 Å². The fourth-order valence-electron chi connectivity index (χ4n) is 3.91. The van der Waals surface area contributed by atoms with Crippen LogP contribution in [0.4, 0.5) is 0 Å². The van der Waals surface area contributed by atoms with Crippen LogP contribution >= 0.6 is 0 Å². The van der Waals surface area contributed by atoms with Crippen LogP contribution in [0.2, 0.25) is 0 Å². The van der Waals surface area contributed by atoms with Crippen molar-refractivity contribution < 1.29 is 9.53 Å². The van der Waals surface area contributed by atoms with Crippen LogP contribution in [0.3, 0.4) is 0 Å². The van der Waals surface area contributed by atoms with Crippen LogP contribution in [0.1, 0.15) is 54.9 Å². The van der Waals surface area contributed by atoms with Gasteiger partial charge in [-0.25, -0.2) is 0 Å². The molecule has 0 aromatic heterocycles. The molecule has 2 heterocycles. The Morgan fingerprint density at radius 1 is 1.28 bits per heavy atom. The molecule has 1 fully saturated rings. The number of benzene rings is 1. The van der Waals surface area contributed by atoms with Crippen molar-refractivity contribution in [3.63, 3.8) is 0 Å². The average molecular weight is 393 g/mol. The Kier molecular flexibility index (Phi) is 7.76. The van der Waals surface area contributed by atoms with Crippen molar-refractivity contribution in [1.29, 1.82) is 0 Å². The number of ketones is 1. The summed E-state index contributed by atoms with van der Waals surface area (Å²) in [6, 6.07) is 7.59. The van der Waals surface area contributed by atoms with E-state index in [0.29, 0.717) is 11.5 Å². The van der Waals surface area contributed by atoms with Gasteiger partial charge in [0.05, 0.1) is 5.71 Å². The molecule has 0 saturated carbocycles. The monoisotopic (exact) mass is 392 g/mol. The Morgan fingerprint density at radius 3 is 2.97 bits per heavy atom. The van der Waals surface area contributed by atoms with Crippen LogP contribution in [0.15, 0.2) is 58.9 Å². The first kappa shape index (κ1) is 21.4. The van der Waals surface area contributed by atoms with Crippen molar-refractivity contribution in [2.24, 2.45) is 10.9 Å². The molecule has 1 saturated heterocycles. The van der Waals surface area contributed by atoms with Crippen molar-refractivity contribution in [1.82, 2.24) is 4.90 Å². The molecule has 4 heteroatoms. The lowest BCUT2D eigenvalue weighted by atomic mass is 9.90. The molecule has 1 aromatic carbocycles. The number of rotatable bonds is 6. The third-order valence-corrected chi connectivity index (χ3v) is 5.87. The van der Waals surface area contributed by atoms with E-state index in [1.807, 2.05) is 36.5 Å². The quantitative estimate of drug-likeness (QED) is 0.515. The summed E-state index contributed by atoms with van der Waals surface area (Å²) in [5, 5.41) is 0. The van der Waals surface area contributed by atoms with E-state index in [9.17, 15) is 4.79 Å². The first-order valence-corrected chi connectivity index (χ1v) is 10.6. The third-order valence-electron chi connectivity index (χ3n) is 5.87. The summed E-state index contributed by atoms with van der Waals surface area (Å²) in [4.78, 5) is 19.6. The van der Waals surface area contributed by atoms with E-state index < -0.39 is 6.10 Å². The van der Waals surface area contributed by atoms with Gasteiger partial charge in [0.25, 0.3) is 0 Å². The Bertz CT molecular complexity index is 846. The van der Waals surface area contributed by atoms with Gasteiger partial charge in [-0.3, -0.25) is 9.79 Å². The minimum absolute atomic E-state index is 0.0198. The summed E-state index contributed by atoms with van der Waals surface area (Å²) in [5.74, 6) is 0.684. The highest BCUT2D eigenvalue weighted by Gasteiger charge is 2.16. The van der Waals surface area contributed by atoms with Gasteiger partial charge in [0, 0.05) is 30.5 Å². The number of carbonyl (C=O) groups excluding carboxylic acids is 1. The van der Waals surface area contributed by atoms with Crippen molar-refractivity contribution in [2.75, 3.05) is 27.2 Å². The molecule has 154 valence electrons. The molecule has 0 radical (unpaired) electrons. The largest absolute Gasteiger partial charge is 0.374 e. The maximum Gasteiger partial charge on any atom is 0.191 e. The predicted octanol–water partition coefficient (Wildman–Crippen LogP) is 4.81. The van der Waals surface area contributed by atoms with E-state index in [4.69, 9.17) is 9.73 Å². The van der Waals surface area contributed by atoms with Gasteiger partial charge in [0.1, 0.15) is 6.10 Å². The maximum atomic E-state index is 12.4. The fraction of sp³-hybridized carbons (Fsp3) is 0.480. The SMILES string of the molecule is COC(C)C(=O)c1cccc(C2=NC=C(CC3CCCCN(C)CC3)C=C=C2)c1. The number of ether oxygens (including phenoxy) is 1. The summed E-state index contributed by atoms with van der Waals surface area (Å²) < 4.78 is 5.16. The van der Waals surface area contributed by atoms with Crippen molar-refractivity contribution in [2.45, 2.75) is 45.1 Å². The molecule has 2 aliphatic heterocycles. The summed E-state index contributed by atoms with van der Waals surface area (Å²) in [5.41, 5.74) is 6.90. The molecule has 29 heavy (non-hydrogen) atoms. The molecule has 0 amide bonds. The second-order valence-corrected chi connectivity index (χ2v) is 8.15. The smallest absolute Gasteiger partial charge is 0.191 e. The lowest BCUT2D eigenvalue weighted by Gasteiger charge is -2.25. The molecule has 0 bridgehead atoms. The lowest BCUT2D eigenvalue weighted by molar-refractivity contribution is 0.0655. The van der Waals surface area contributed by atoms with Gasteiger partial charge in [0.15, 0.2) is 5.78 Å².